The van der Waals surface area contributed by atoms with Crippen molar-refractivity contribution in [1.29, 1.82) is 0 Å². The van der Waals surface area contributed by atoms with Gasteiger partial charge in [-0.1, -0.05) is 18.2 Å². The predicted molar refractivity (Wildman–Crippen MR) is 106 cm³/mol. The largest absolute Gasteiger partial charge is 0.476 e. The van der Waals surface area contributed by atoms with E-state index in [1.165, 1.54) is 23.7 Å². The number of amides is 1. The van der Waals surface area contributed by atoms with E-state index in [-0.39, 0.29) is 5.69 Å². The summed E-state index contributed by atoms with van der Waals surface area (Å²) in [4.78, 5) is 35.7. The van der Waals surface area contributed by atoms with Crippen LogP contribution in [0.15, 0.2) is 42.0 Å². The first-order chi connectivity index (χ1) is 13.5. The monoisotopic (exact) mass is 393 g/mol. The number of fused-ring (bicyclic) bond motifs is 1. The maximum absolute atomic E-state index is 12.5. The van der Waals surface area contributed by atoms with Gasteiger partial charge in [-0.15, -0.1) is 11.3 Å². The molecule has 3 heterocycles. The van der Waals surface area contributed by atoms with Crippen molar-refractivity contribution >= 4 is 39.2 Å². The van der Waals surface area contributed by atoms with Crippen LogP contribution in [0.4, 0.5) is 5.13 Å². The van der Waals surface area contributed by atoms with E-state index in [9.17, 15) is 9.59 Å². The summed E-state index contributed by atoms with van der Waals surface area (Å²) in [6, 6.07) is 8.04. The molecule has 3 aromatic heterocycles. The molecule has 2 N–H and O–H groups in total. The average molecular weight is 393 g/mol. The van der Waals surface area contributed by atoms with Crippen LogP contribution in [0.3, 0.4) is 0 Å². The van der Waals surface area contributed by atoms with E-state index in [2.05, 4.69) is 24.8 Å². The Kier molecular flexibility index (Phi) is 4.36. The van der Waals surface area contributed by atoms with Gasteiger partial charge in [0.1, 0.15) is 0 Å². The van der Waals surface area contributed by atoms with E-state index in [4.69, 9.17) is 5.11 Å². The molecule has 0 radical (unpaired) electrons. The first-order valence-electron chi connectivity index (χ1n) is 8.33. The molecule has 28 heavy (non-hydrogen) atoms. The number of hydrogen-bond donors (Lipinski definition) is 2. The summed E-state index contributed by atoms with van der Waals surface area (Å²) in [5.41, 5.74) is 3.24. The van der Waals surface area contributed by atoms with Gasteiger partial charge in [0.2, 0.25) is 0 Å². The molecule has 0 bridgehead atoms. The SMILES string of the molecule is Cc1c(-c2csc(NC(=O)c3nccnc3C(=O)O)n2)c2ccccc2n1C. The Labute approximate surface area is 163 Å². The number of carbonyl (C=O) groups is 2. The molecule has 0 fully saturated rings. The topological polar surface area (TPSA) is 110 Å². The number of aromatic nitrogens is 4. The summed E-state index contributed by atoms with van der Waals surface area (Å²) in [5, 5.41) is 15.1. The summed E-state index contributed by atoms with van der Waals surface area (Å²) in [5.74, 6) is -1.98. The van der Waals surface area contributed by atoms with Crippen LogP contribution in [-0.2, 0) is 7.05 Å². The Morgan fingerprint density at radius 3 is 2.61 bits per heavy atom. The molecule has 0 unspecified atom stereocenters. The second-order valence-corrected chi connectivity index (χ2v) is 6.95. The number of aromatic carboxylic acids is 1. The van der Waals surface area contributed by atoms with Gasteiger partial charge in [0.15, 0.2) is 16.5 Å². The lowest BCUT2D eigenvalue weighted by Gasteiger charge is -2.03. The highest BCUT2D eigenvalue weighted by Crippen LogP contribution is 2.35. The van der Waals surface area contributed by atoms with Crippen LogP contribution in [0.25, 0.3) is 22.2 Å². The molecule has 1 amide bonds. The van der Waals surface area contributed by atoms with Gasteiger partial charge in [-0.3, -0.25) is 10.1 Å². The zero-order chi connectivity index (χ0) is 19.8. The van der Waals surface area contributed by atoms with Crippen LogP contribution < -0.4 is 5.32 Å². The lowest BCUT2D eigenvalue weighted by Crippen LogP contribution is -2.19. The summed E-state index contributed by atoms with van der Waals surface area (Å²) in [6.45, 7) is 2.02. The first kappa shape index (κ1) is 17.8. The highest BCUT2D eigenvalue weighted by atomic mass is 32.1. The van der Waals surface area contributed by atoms with E-state index >= 15 is 0 Å². The number of para-hydroxylation sites is 1. The second-order valence-electron chi connectivity index (χ2n) is 6.09. The third-order valence-corrected chi connectivity index (χ3v) is 5.25. The van der Waals surface area contributed by atoms with E-state index in [0.717, 1.165) is 27.9 Å². The Bertz CT molecular complexity index is 1230. The van der Waals surface area contributed by atoms with Crippen LogP contribution in [0.1, 0.15) is 26.7 Å². The van der Waals surface area contributed by atoms with Crippen molar-refractivity contribution in [2.45, 2.75) is 6.92 Å². The van der Waals surface area contributed by atoms with Crippen molar-refractivity contribution in [2.75, 3.05) is 5.32 Å². The van der Waals surface area contributed by atoms with Crippen molar-refractivity contribution in [3.63, 3.8) is 0 Å². The molecule has 0 aliphatic rings. The van der Waals surface area contributed by atoms with E-state index in [1.54, 1.807) is 0 Å². The third kappa shape index (κ3) is 2.91. The van der Waals surface area contributed by atoms with Crippen molar-refractivity contribution in [3.8, 4) is 11.3 Å². The molecule has 9 heteroatoms. The molecular weight excluding hydrogens is 378 g/mol. The van der Waals surface area contributed by atoms with E-state index < -0.39 is 17.6 Å². The van der Waals surface area contributed by atoms with E-state index in [1.807, 2.05) is 43.6 Å². The molecule has 8 nitrogen and oxygen atoms in total. The Balaban J connectivity index is 1.68. The number of nitrogens with zero attached hydrogens (tertiary/aromatic N) is 4. The minimum Gasteiger partial charge on any atom is -0.476 e. The number of carboxylic acids is 1. The average Bonchev–Trinajstić information content (AvgIpc) is 3.24. The quantitative estimate of drug-likeness (QED) is 0.550. The summed E-state index contributed by atoms with van der Waals surface area (Å²) in [6.07, 6.45) is 2.50. The number of hydrogen-bond acceptors (Lipinski definition) is 6. The number of carbonyl (C=O) groups excluding carboxylic acids is 1. The molecule has 0 aliphatic heterocycles. The molecule has 4 aromatic rings. The van der Waals surface area contributed by atoms with Gasteiger partial charge in [-0.05, 0) is 13.0 Å². The number of anilines is 1. The summed E-state index contributed by atoms with van der Waals surface area (Å²) < 4.78 is 2.10. The molecule has 0 atom stereocenters. The van der Waals surface area contributed by atoms with E-state index in [0.29, 0.717) is 5.13 Å². The maximum atomic E-state index is 12.5. The fraction of sp³-hybridized carbons (Fsp3) is 0.105. The number of aryl methyl sites for hydroxylation is 1. The number of nitrogens with one attached hydrogen (secondary N) is 1. The lowest BCUT2D eigenvalue weighted by molar-refractivity contribution is 0.0685. The fourth-order valence-electron chi connectivity index (χ4n) is 3.11. The normalized spacial score (nSPS) is 10.9. The standard InChI is InChI=1S/C19H15N5O3S/c1-10-14(11-5-3-4-6-13(11)24(10)2)12-9-28-19(22-12)23-17(25)15-16(18(26)27)21-8-7-20-15/h3-9H,1-2H3,(H,26,27)(H,22,23,25). The molecule has 0 saturated carbocycles. The number of benzene rings is 1. The third-order valence-electron chi connectivity index (χ3n) is 4.50. The molecule has 0 saturated heterocycles. The molecule has 140 valence electrons. The van der Waals surface area contributed by atoms with Crippen molar-refractivity contribution in [1.82, 2.24) is 19.5 Å². The van der Waals surface area contributed by atoms with Crippen molar-refractivity contribution < 1.29 is 14.7 Å². The number of carboxylic acid groups (broad SMARTS) is 1. The second kappa shape index (κ2) is 6.86. The zero-order valence-corrected chi connectivity index (χ0v) is 15.8. The maximum Gasteiger partial charge on any atom is 0.356 e. The minimum absolute atomic E-state index is 0.256. The van der Waals surface area contributed by atoms with Gasteiger partial charge >= 0.3 is 5.97 Å². The van der Waals surface area contributed by atoms with Crippen LogP contribution in [0.5, 0.6) is 0 Å². The Morgan fingerprint density at radius 1 is 1.14 bits per heavy atom. The highest BCUT2D eigenvalue weighted by molar-refractivity contribution is 7.14. The van der Waals surface area contributed by atoms with Gasteiger partial charge in [0, 0.05) is 47.0 Å². The van der Waals surface area contributed by atoms with Gasteiger partial charge in [0.05, 0.1) is 5.69 Å². The number of rotatable bonds is 4. The first-order valence-corrected chi connectivity index (χ1v) is 9.21. The lowest BCUT2D eigenvalue weighted by atomic mass is 10.1. The number of thiazole rings is 1. The molecular formula is C19H15N5O3S. The van der Waals surface area contributed by atoms with Gasteiger partial charge in [-0.25, -0.2) is 19.7 Å². The van der Waals surface area contributed by atoms with Gasteiger partial charge < -0.3 is 9.67 Å². The Morgan fingerprint density at radius 2 is 1.86 bits per heavy atom. The van der Waals surface area contributed by atoms with Crippen LogP contribution in [-0.4, -0.2) is 36.5 Å². The van der Waals surface area contributed by atoms with Crippen molar-refractivity contribution in [3.05, 3.63) is 59.1 Å². The predicted octanol–water partition coefficient (Wildman–Crippen LogP) is 3.35. The molecule has 1 aromatic carbocycles. The summed E-state index contributed by atoms with van der Waals surface area (Å²) in [7, 11) is 2.00. The Hall–Kier alpha value is -3.59. The van der Waals surface area contributed by atoms with Crippen LogP contribution >= 0.6 is 11.3 Å². The molecule has 0 aliphatic carbocycles. The van der Waals surface area contributed by atoms with Crippen LogP contribution in [0.2, 0.25) is 0 Å². The smallest absolute Gasteiger partial charge is 0.356 e. The molecule has 0 spiro atoms. The van der Waals surface area contributed by atoms with Gasteiger partial charge in [-0.2, -0.15) is 0 Å². The van der Waals surface area contributed by atoms with Crippen LogP contribution in [0, 0.1) is 6.92 Å². The summed E-state index contributed by atoms with van der Waals surface area (Å²) >= 11 is 1.26. The van der Waals surface area contributed by atoms with Gasteiger partial charge in [0.25, 0.3) is 5.91 Å². The molecule has 4 rings (SSSR count). The zero-order valence-electron chi connectivity index (χ0n) is 15.0. The fourth-order valence-corrected chi connectivity index (χ4v) is 3.80. The van der Waals surface area contributed by atoms with Crippen molar-refractivity contribution in [2.24, 2.45) is 7.05 Å². The highest BCUT2D eigenvalue weighted by Gasteiger charge is 2.21. The minimum atomic E-state index is -1.32.